The van der Waals surface area contributed by atoms with Gasteiger partial charge in [0.1, 0.15) is 17.2 Å². The monoisotopic (exact) mass is 545 g/mol. The summed E-state index contributed by atoms with van der Waals surface area (Å²) in [5.41, 5.74) is -0.184. The molecule has 196 valence electrons. The number of sulfonamides is 1. The van der Waals surface area contributed by atoms with Crippen LogP contribution in [-0.2, 0) is 45.2 Å². The molecular formula is C21H24ClN3O10S. The molecule has 0 aliphatic carbocycles. The number of benzene rings is 1. The molecule has 0 aliphatic heterocycles. The van der Waals surface area contributed by atoms with Gasteiger partial charge in [0.2, 0.25) is 10.0 Å². The fraction of sp³-hybridized carbons (Fsp3) is 0.333. The zero-order valence-electron chi connectivity index (χ0n) is 19.2. The molecule has 1 atom stereocenters. The number of rotatable bonds is 12. The van der Waals surface area contributed by atoms with Crippen LogP contribution in [0.5, 0.6) is 0 Å². The number of hydrogen-bond acceptors (Lipinski definition) is 11. The van der Waals surface area contributed by atoms with Gasteiger partial charge in [-0.3, -0.25) is 9.59 Å². The number of carbonyl (C=O) groups is 4. The molecule has 0 aliphatic rings. The summed E-state index contributed by atoms with van der Waals surface area (Å²) in [6, 6.07) is 5.39. The number of ether oxygens (including phenoxy) is 3. The lowest BCUT2D eigenvalue weighted by Gasteiger charge is -2.14. The Labute approximate surface area is 211 Å². The van der Waals surface area contributed by atoms with Crippen LogP contribution >= 0.6 is 11.6 Å². The Bertz CT molecular complexity index is 1210. The zero-order chi connectivity index (χ0) is 26.9. The first-order chi connectivity index (χ1) is 16.9. The van der Waals surface area contributed by atoms with E-state index in [9.17, 15) is 27.6 Å². The molecule has 1 unspecified atom stereocenters. The molecule has 1 heterocycles. The van der Waals surface area contributed by atoms with Gasteiger partial charge in [0.05, 0.1) is 35.7 Å². The quantitative estimate of drug-likeness (QED) is 0.254. The predicted molar refractivity (Wildman–Crippen MR) is 124 cm³/mol. The average molecular weight is 546 g/mol. The molecule has 1 aromatic heterocycles. The highest BCUT2D eigenvalue weighted by Gasteiger charge is 2.23. The number of halogens is 1. The molecule has 0 radical (unpaired) electrons. The van der Waals surface area contributed by atoms with Crippen LogP contribution in [0, 0.1) is 0 Å². The predicted octanol–water partition coefficient (Wildman–Crippen LogP) is 0.960. The van der Waals surface area contributed by atoms with Crippen LogP contribution in [-0.4, -0.2) is 58.1 Å². The van der Waals surface area contributed by atoms with E-state index in [1.807, 2.05) is 0 Å². The van der Waals surface area contributed by atoms with Crippen molar-refractivity contribution in [3.63, 3.8) is 0 Å². The molecule has 0 saturated carbocycles. The summed E-state index contributed by atoms with van der Waals surface area (Å²) in [5, 5.41) is 9.93. The summed E-state index contributed by atoms with van der Waals surface area (Å²) in [6.07, 6.45) is 0.270. The lowest BCUT2D eigenvalue weighted by Crippen LogP contribution is -2.36. The van der Waals surface area contributed by atoms with Crippen molar-refractivity contribution in [1.82, 2.24) is 5.32 Å². The van der Waals surface area contributed by atoms with Crippen molar-refractivity contribution in [3.8, 4) is 0 Å². The van der Waals surface area contributed by atoms with Crippen LogP contribution in [0.2, 0.25) is 5.02 Å². The number of amides is 1. The van der Waals surface area contributed by atoms with E-state index in [2.05, 4.69) is 10.6 Å². The van der Waals surface area contributed by atoms with Crippen molar-refractivity contribution >= 4 is 51.1 Å². The lowest BCUT2D eigenvalue weighted by atomic mass is 10.1. The third-order valence-electron chi connectivity index (χ3n) is 4.32. The van der Waals surface area contributed by atoms with Crippen LogP contribution in [0.15, 0.2) is 39.8 Å². The van der Waals surface area contributed by atoms with Gasteiger partial charge in [-0.05, 0) is 38.1 Å². The average Bonchev–Trinajstić information content (AvgIpc) is 3.32. The summed E-state index contributed by atoms with van der Waals surface area (Å²) >= 11 is 6.01. The second-order valence-electron chi connectivity index (χ2n) is 7.04. The lowest BCUT2D eigenvalue weighted by molar-refractivity contribution is -0.165. The third-order valence-corrected chi connectivity index (χ3v) is 5.70. The summed E-state index contributed by atoms with van der Waals surface area (Å²) in [7, 11) is -4.28. The van der Waals surface area contributed by atoms with Gasteiger partial charge in [0, 0.05) is 0 Å². The molecule has 13 nitrogen and oxygen atoms in total. The minimum absolute atomic E-state index is 0.0886. The topological polar surface area (TPSA) is 193 Å². The van der Waals surface area contributed by atoms with E-state index in [-0.39, 0.29) is 29.4 Å². The Morgan fingerprint density at radius 1 is 1.19 bits per heavy atom. The standard InChI is InChI=1S/C21H24ClN3O10S/c1-3-32-20(28)12(2)35-19(27)10-25-18(26)11-34-21(29)14-7-17(36(23,30)31)15(22)8-16(14)24-9-13-5-4-6-33-13/h4-8,12,24H,3,9-11H2,1-2H3,(H,25,26)(H2,23,30,31). The molecule has 1 aromatic carbocycles. The van der Waals surface area contributed by atoms with Gasteiger partial charge < -0.3 is 29.3 Å². The van der Waals surface area contributed by atoms with Gasteiger partial charge in [-0.1, -0.05) is 11.6 Å². The maximum Gasteiger partial charge on any atom is 0.347 e. The van der Waals surface area contributed by atoms with Crippen LogP contribution in [0.25, 0.3) is 0 Å². The van der Waals surface area contributed by atoms with Gasteiger partial charge in [-0.15, -0.1) is 0 Å². The first-order valence-electron chi connectivity index (χ1n) is 10.3. The zero-order valence-corrected chi connectivity index (χ0v) is 20.8. The number of nitrogens with two attached hydrogens (primary N) is 1. The van der Waals surface area contributed by atoms with Crippen molar-refractivity contribution < 1.29 is 46.2 Å². The molecule has 2 rings (SSSR count). The second-order valence-corrected chi connectivity index (χ2v) is 8.98. The molecule has 4 N–H and O–H groups in total. The largest absolute Gasteiger partial charge is 0.467 e. The van der Waals surface area contributed by atoms with Crippen LogP contribution in [0.1, 0.15) is 30.0 Å². The normalized spacial score (nSPS) is 11.8. The highest BCUT2D eigenvalue weighted by Crippen LogP contribution is 2.29. The summed E-state index contributed by atoms with van der Waals surface area (Å²) in [5.74, 6) is -3.11. The Kier molecular flexibility index (Phi) is 10.3. The number of hydrogen-bond donors (Lipinski definition) is 3. The van der Waals surface area contributed by atoms with E-state index >= 15 is 0 Å². The molecule has 0 fully saturated rings. The van der Waals surface area contributed by atoms with Crippen molar-refractivity contribution in [2.45, 2.75) is 31.4 Å². The van der Waals surface area contributed by atoms with Gasteiger partial charge in [-0.2, -0.15) is 0 Å². The highest BCUT2D eigenvalue weighted by atomic mass is 35.5. The van der Waals surface area contributed by atoms with Gasteiger partial charge in [0.15, 0.2) is 12.7 Å². The van der Waals surface area contributed by atoms with Gasteiger partial charge in [0.25, 0.3) is 5.91 Å². The van der Waals surface area contributed by atoms with Gasteiger partial charge >= 0.3 is 17.9 Å². The molecule has 1 amide bonds. The Morgan fingerprint density at radius 3 is 2.53 bits per heavy atom. The molecular weight excluding hydrogens is 522 g/mol. The maximum atomic E-state index is 12.7. The number of anilines is 1. The smallest absolute Gasteiger partial charge is 0.347 e. The van der Waals surface area contributed by atoms with Gasteiger partial charge in [-0.25, -0.2) is 23.1 Å². The first-order valence-corrected chi connectivity index (χ1v) is 12.3. The number of furan rings is 1. The molecule has 2 aromatic rings. The fourth-order valence-electron chi connectivity index (χ4n) is 2.66. The van der Waals surface area contributed by atoms with Crippen molar-refractivity contribution in [2.75, 3.05) is 25.1 Å². The molecule has 0 bridgehead atoms. The summed E-state index contributed by atoms with van der Waals surface area (Å²) < 4.78 is 43.3. The second kappa shape index (κ2) is 12.9. The molecule has 15 heteroatoms. The number of primary sulfonamides is 1. The third kappa shape index (κ3) is 8.55. The van der Waals surface area contributed by atoms with E-state index in [0.717, 1.165) is 6.07 Å². The van der Waals surface area contributed by atoms with E-state index in [1.54, 1.807) is 19.1 Å². The molecule has 0 spiro atoms. The Morgan fingerprint density at radius 2 is 1.92 bits per heavy atom. The van der Waals surface area contributed by atoms with Crippen LogP contribution in [0.4, 0.5) is 5.69 Å². The SMILES string of the molecule is CCOC(=O)C(C)OC(=O)CNC(=O)COC(=O)c1cc(S(N)(=O)=O)c(Cl)cc1NCc1ccco1. The molecule has 36 heavy (non-hydrogen) atoms. The first kappa shape index (κ1) is 28.6. The minimum Gasteiger partial charge on any atom is -0.467 e. The van der Waals surface area contributed by atoms with E-state index < -0.39 is 58.0 Å². The minimum atomic E-state index is -4.28. The molecule has 0 saturated heterocycles. The fourth-order valence-corrected chi connectivity index (χ4v) is 3.76. The van der Waals surface area contributed by atoms with Crippen molar-refractivity contribution in [2.24, 2.45) is 5.14 Å². The Hall–Kier alpha value is -3.62. The Balaban J connectivity index is 2.02. The van der Waals surface area contributed by atoms with E-state index in [4.69, 9.17) is 35.4 Å². The van der Waals surface area contributed by atoms with E-state index in [1.165, 1.54) is 19.3 Å². The summed E-state index contributed by atoms with van der Waals surface area (Å²) in [4.78, 5) is 47.4. The highest BCUT2D eigenvalue weighted by molar-refractivity contribution is 7.89. The number of nitrogens with one attached hydrogen (secondary N) is 2. The number of carbonyl (C=O) groups excluding carboxylic acids is 4. The van der Waals surface area contributed by atoms with Crippen LogP contribution in [0.3, 0.4) is 0 Å². The number of esters is 3. The maximum absolute atomic E-state index is 12.7. The summed E-state index contributed by atoms with van der Waals surface area (Å²) in [6.45, 7) is 1.70. The van der Waals surface area contributed by atoms with Crippen molar-refractivity contribution in [3.05, 3.63) is 46.9 Å². The van der Waals surface area contributed by atoms with E-state index in [0.29, 0.717) is 5.76 Å². The van der Waals surface area contributed by atoms with Crippen LogP contribution < -0.4 is 15.8 Å². The van der Waals surface area contributed by atoms with Crippen molar-refractivity contribution in [1.29, 1.82) is 0 Å².